The van der Waals surface area contributed by atoms with Crippen LogP contribution in [0.5, 0.6) is 0 Å². The van der Waals surface area contributed by atoms with E-state index in [2.05, 4.69) is 16.2 Å². The van der Waals surface area contributed by atoms with Crippen LogP contribution in [0.4, 0.5) is 0 Å². The molecule has 11 heavy (non-hydrogen) atoms. The lowest BCUT2D eigenvalue weighted by molar-refractivity contribution is 0.799. The van der Waals surface area contributed by atoms with Gasteiger partial charge in [-0.25, -0.2) is 0 Å². The third kappa shape index (κ3) is 25.2. The van der Waals surface area contributed by atoms with Gasteiger partial charge in [-0.15, -0.1) is 9.24 Å². The Bertz CT molecular complexity index is 44.8. The highest BCUT2D eigenvalue weighted by atomic mass is 31.0. The Balaban J connectivity index is -0.0000000956. The first-order valence-corrected chi connectivity index (χ1v) is 5.06. The molecule has 2 heteroatoms. The molecular formula is C9H26NP. The summed E-state index contributed by atoms with van der Waals surface area (Å²) in [6, 6.07) is 0. The Labute approximate surface area is 75.3 Å². The van der Waals surface area contributed by atoms with Gasteiger partial charge in [0, 0.05) is 6.29 Å². The third-order valence-corrected chi connectivity index (χ3v) is 1.27. The van der Waals surface area contributed by atoms with Gasteiger partial charge in [-0.1, -0.05) is 47.5 Å². The first-order valence-electron chi connectivity index (χ1n) is 4.25. The van der Waals surface area contributed by atoms with E-state index in [9.17, 15) is 0 Å². The molecule has 0 aromatic rings. The summed E-state index contributed by atoms with van der Waals surface area (Å²) in [7, 11) is 2.36. The van der Waals surface area contributed by atoms with Gasteiger partial charge >= 0.3 is 0 Å². The lowest BCUT2D eigenvalue weighted by Crippen LogP contribution is -1.82. The largest absolute Gasteiger partial charge is 0.327 e. The van der Waals surface area contributed by atoms with Crippen LogP contribution in [0, 0.1) is 5.92 Å². The van der Waals surface area contributed by atoms with Crippen LogP contribution in [0.25, 0.3) is 0 Å². The van der Waals surface area contributed by atoms with Crippen molar-refractivity contribution in [1.82, 2.24) is 0 Å². The van der Waals surface area contributed by atoms with Gasteiger partial charge in [0.2, 0.25) is 0 Å². The third-order valence-electron chi connectivity index (χ3n) is 1.27. The molecule has 1 fully saturated rings. The van der Waals surface area contributed by atoms with Gasteiger partial charge in [0.1, 0.15) is 0 Å². The highest BCUT2D eigenvalue weighted by Gasteiger charge is 2.17. The van der Waals surface area contributed by atoms with Crippen molar-refractivity contribution in [3.05, 3.63) is 0 Å². The Morgan fingerprint density at radius 1 is 1.36 bits per heavy atom. The molecule has 1 saturated carbocycles. The molecule has 1 aliphatic rings. The number of nitrogens with two attached hydrogens (primary N) is 1. The average Bonchev–Trinajstić information content (AvgIpc) is 2.75. The van der Waals surface area contributed by atoms with Gasteiger partial charge in [-0.2, -0.15) is 0 Å². The zero-order valence-corrected chi connectivity index (χ0v) is 8.72. The summed E-state index contributed by atoms with van der Waals surface area (Å²) >= 11 is 0. The van der Waals surface area contributed by atoms with Crippen molar-refractivity contribution < 1.29 is 0 Å². The number of rotatable bonds is 1. The lowest BCUT2D eigenvalue weighted by atomic mass is 10.3. The van der Waals surface area contributed by atoms with E-state index in [-0.39, 0.29) is 7.43 Å². The second-order valence-corrected chi connectivity index (χ2v) is 2.56. The van der Waals surface area contributed by atoms with Crippen molar-refractivity contribution in [3.8, 4) is 0 Å². The normalized spacial score (nSPS) is 12.8. The second kappa shape index (κ2) is 16.8. The maximum absolute atomic E-state index is 4.81. The lowest BCUT2D eigenvalue weighted by Gasteiger charge is -1.72. The first-order chi connectivity index (χ1) is 4.85. The molecule has 0 bridgehead atoms. The summed E-state index contributed by atoms with van der Waals surface area (Å²) in [6.45, 7) is 6.26. The minimum atomic E-state index is 0. The van der Waals surface area contributed by atoms with Crippen LogP contribution in [0.3, 0.4) is 0 Å². The fourth-order valence-corrected chi connectivity index (χ4v) is 0.526. The molecule has 1 rings (SSSR count). The van der Waals surface area contributed by atoms with Crippen molar-refractivity contribution >= 4 is 9.24 Å². The maximum atomic E-state index is 4.81. The van der Waals surface area contributed by atoms with Gasteiger partial charge in [0.15, 0.2) is 0 Å². The van der Waals surface area contributed by atoms with Crippen molar-refractivity contribution in [1.29, 1.82) is 0 Å². The Hall–Kier alpha value is 0.390. The molecule has 0 heterocycles. The van der Waals surface area contributed by atoms with Crippen LogP contribution < -0.4 is 5.73 Å². The van der Waals surface area contributed by atoms with Gasteiger partial charge in [0.05, 0.1) is 0 Å². The minimum Gasteiger partial charge on any atom is -0.327 e. The summed E-state index contributed by atoms with van der Waals surface area (Å²) < 4.78 is 0. The van der Waals surface area contributed by atoms with Crippen molar-refractivity contribution in [2.45, 2.75) is 47.5 Å². The van der Waals surface area contributed by atoms with Gasteiger partial charge in [-0.05, 0) is 5.92 Å². The van der Waals surface area contributed by atoms with Crippen LogP contribution in [-0.2, 0) is 0 Å². The molecule has 0 radical (unpaired) electrons. The summed E-state index contributed by atoms with van der Waals surface area (Å²) in [4.78, 5) is 0. The molecule has 2 N–H and O–H groups in total. The zero-order valence-electron chi connectivity index (χ0n) is 7.56. The van der Waals surface area contributed by atoms with E-state index in [0.29, 0.717) is 6.29 Å². The SMILES string of the molecule is C.CC.CCC1CC1.NCP. The average molecular weight is 179 g/mol. The highest BCUT2D eigenvalue weighted by molar-refractivity contribution is 7.16. The van der Waals surface area contributed by atoms with Gasteiger partial charge in [-0.3, -0.25) is 0 Å². The van der Waals surface area contributed by atoms with E-state index in [4.69, 9.17) is 5.73 Å². The summed E-state index contributed by atoms with van der Waals surface area (Å²) in [5.41, 5.74) is 4.81. The van der Waals surface area contributed by atoms with E-state index in [1.54, 1.807) is 0 Å². The molecule has 0 amide bonds. The molecule has 0 saturated heterocycles. The van der Waals surface area contributed by atoms with E-state index < -0.39 is 0 Å². The maximum Gasteiger partial charge on any atom is 0.00699 e. The predicted molar refractivity (Wildman–Crippen MR) is 59.9 cm³/mol. The smallest absolute Gasteiger partial charge is 0.00699 e. The van der Waals surface area contributed by atoms with E-state index in [1.807, 2.05) is 13.8 Å². The summed E-state index contributed by atoms with van der Waals surface area (Å²) in [5, 5.41) is 0. The van der Waals surface area contributed by atoms with Crippen molar-refractivity contribution in [2.75, 3.05) is 6.29 Å². The Morgan fingerprint density at radius 3 is 1.64 bits per heavy atom. The Morgan fingerprint density at radius 2 is 1.64 bits per heavy atom. The van der Waals surface area contributed by atoms with Crippen LogP contribution in [0.2, 0.25) is 0 Å². The molecule has 1 nitrogen and oxygen atoms in total. The molecule has 0 aromatic carbocycles. The van der Waals surface area contributed by atoms with Crippen molar-refractivity contribution in [3.63, 3.8) is 0 Å². The molecule has 1 aliphatic carbocycles. The van der Waals surface area contributed by atoms with Crippen LogP contribution >= 0.6 is 9.24 Å². The second-order valence-electron chi connectivity index (χ2n) is 2.09. The van der Waals surface area contributed by atoms with Crippen LogP contribution in [-0.4, -0.2) is 6.29 Å². The predicted octanol–water partition coefficient (Wildman–Crippen LogP) is 3.25. The molecule has 1 atom stereocenters. The molecule has 0 aromatic heterocycles. The Kier molecular flexibility index (Phi) is 26.6. The monoisotopic (exact) mass is 179 g/mol. The van der Waals surface area contributed by atoms with Crippen molar-refractivity contribution in [2.24, 2.45) is 11.7 Å². The topological polar surface area (TPSA) is 26.0 Å². The molecule has 0 spiro atoms. The van der Waals surface area contributed by atoms with Crippen LogP contribution in [0.15, 0.2) is 0 Å². The molecule has 72 valence electrons. The van der Waals surface area contributed by atoms with E-state index >= 15 is 0 Å². The number of hydrogen-bond acceptors (Lipinski definition) is 1. The van der Waals surface area contributed by atoms with Gasteiger partial charge < -0.3 is 5.73 Å². The quantitative estimate of drug-likeness (QED) is 0.614. The first kappa shape index (κ1) is 17.5. The summed E-state index contributed by atoms with van der Waals surface area (Å²) in [6.07, 6.45) is 5.10. The molecular weight excluding hydrogens is 153 g/mol. The fraction of sp³-hybridized carbons (Fsp3) is 1.00. The number of hydrogen-bond donors (Lipinski definition) is 1. The molecule has 0 aliphatic heterocycles. The minimum absolute atomic E-state index is 0. The zero-order chi connectivity index (χ0) is 8.41. The fourth-order valence-electron chi connectivity index (χ4n) is 0.526. The highest BCUT2D eigenvalue weighted by Crippen LogP contribution is 2.31. The van der Waals surface area contributed by atoms with E-state index in [0.717, 1.165) is 5.92 Å². The standard InChI is InChI=1S/C5H10.C2H6.CH6NP.CH4/c1-2-5-3-4-5;1-2;2-1-3;/h5H,2-4H2,1H3;1-2H3;1-3H2;1H4. The van der Waals surface area contributed by atoms with Crippen LogP contribution in [0.1, 0.15) is 47.5 Å². The molecule has 1 unspecified atom stereocenters. The van der Waals surface area contributed by atoms with E-state index in [1.165, 1.54) is 19.3 Å². The van der Waals surface area contributed by atoms with Gasteiger partial charge in [0.25, 0.3) is 0 Å². The summed E-state index contributed by atoms with van der Waals surface area (Å²) in [5.74, 6) is 1.13.